The summed E-state index contributed by atoms with van der Waals surface area (Å²) in [6.07, 6.45) is 4.10. The second-order valence-corrected chi connectivity index (χ2v) is 6.85. The lowest BCUT2D eigenvalue weighted by molar-refractivity contribution is 0.0239. The van der Waals surface area contributed by atoms with Crippen LogP contribution in [0.15, 0.2) is 0 Å². The van der Waals surface area contributed by atoms with Crippen molar-refractivity contribution in [3.63, 3.8) is 0 Å². The van der Waals surface area contributed by atoms with Crippen LogP contribution in [-0.4, -0.2) is 55.5 Å². The largest absolute Gasteiger partial charge is 0.444 e. The van der Waals surface area contributed by atoms with E-state index in [0.717, 1.165) is 38.8 Å². The van der Waals surface area contributed by atoms with Gasteiger partial charge in [0.25, 0.3) is 0 Å². The number of carbonyl (C=O) groups excluding carboxylic acids is 1. The Morgan fingerprint density at radius 1 is 1.38 bits per heavy atom. The molecule has 1 heterocycles. The summed E-state index contributed by atoms with van der Waals surface area (Å²) in [5.74, 6) is 0. The lowest BCUT2D eigenvalue weighted by Crippen LogP contribution is -2.48. The van der Waals surface area contributed by atoms with Crippen molar-refractivity contribution in [2.24, 2.45) is 0 Å². The molecule has 0 aliphatic carbocycles. The van der Waals surface area contributed by atoms with E-state index in [-0.39, 0.29) is 6.09 Å². The average Bonchev–Trinajstić information content (AvgIpc) is 2.62. The molecule has 0 aromatic heterocycles. The van der Waals surface area contributed by atoms with Crippen LogP contribution in [0.1, 0.15) is 53.4 Å². The first-order valence-corrected chi connectivity index (χ1v) is 8.08. The summed E-state index contributed by atoms with van der Waals surface area (Å²) >= 11 is 0. The Balaban J connectivity index is 2.57. The van der Waals surface area contributed by atoms with Gasteiger partial charge in [0.1, 0.15) is 5.60 Å². The summed E-state index contributed by atoms with van der Waals surface area (Å²) in [7, 11) is 1.73. The van der Waals surface area contributed by atoms with Crippen molar-refractivity contribution in [1.82, 2.24) is 10.2 Å². The molecule has 5 heteroatoms. The third-order valence-electron chi connectivity index (χ3n) is 3.66. The molecule has 1 saturated heterocycles. The number of amides is 1. The van der Waals surface area contributed by atoms with Crippen molar-refractivity contribution >= 4 is 6.09 Å². The van der Waals surface area contributed by atoms with Crippen LogP contribution in [0, 0.1) is 0 Å². The van der Waals surface area contributed by atoms with E-state index in [1.165, 1.54) is 0 Å². The molecule has 2 unspecified atom stereocenters. The highest BCUT2D eigenvalue weighted by atomic mass is 16.6. The fraction of sp³-hybridized carbons (Fsp3) is 0.938. The van der Waals surface area contributed by atoms with Crippen LogP contribution < -0.4 is 5.32 Å². The van der Waals surface area contributed by atoms with Crippen LogP contribution in [0.3, 0.4) is 0 Å². The third kappa shape index (κ3) is 7.14. The SMILES string of the molecule is CCC(COC)NC1CCCCN(C(=O)OC(C)(C)C)C1. The van der Waals surface area contributed by atoms with Crippen molar-refractivity contribution in [3.8, 4) is 0 Å². The second kappa shape index (κ2) is 8.59. The molecule has 0 aromatic carbocycles. The summed E-state index contributed by atoms with van der Waals surface area (Å²) in [4.78, 5) is 14.1. The Morgan fingerprint density at radius 2 is 2.10 bits per heavy atom. The minimum Gasteiger partial charge on any atom is -0.444 e. The maximum atomic E-state index is 12.2. The monoisotopic (exact) mass is 300 g/mol. The van der Waals surface area contributed by atoms with Crippen LogP contribution in [0.2, 0.25) is 0 Å². The molecular weight excluding hydrogens is 268 g/mol. The first-order chi connectivity index (χ1) is 9.85. The summed E-state index contributed by atoms with van der Waals surface area (Å²) in [5, 5.41) is 3.62. The van der Waals surface area contributed by atoms with Gasteiger partial charge in [0, 0.05) is 32.3 Å². The normalized spacial score (nSPS) is 21.8. The van der Waals surface area contributed by atoms with E-state index in [1.54, 1.807) is 7.11 Å². The van der Waals surface area contributed by atoms with Crippen molar-refractivity contribution in [2.45, 2.75) is 71.1 Å². The standard InChI is InChI=1S/C16H32N2O3/c1-6-13(12-20-5)17-14-9-7-8-10-18(11-14)15(19)21-16(2,3)4/h13-14,17H,6-12H2,1-5H3. The van der Waals surface area contributed by atoms with E-state index in [9.17, 15) is 4.79 Å². The van der Waals surface area contributed by atoms with Crippen LogP contribution in [-0.2, 0) is 9.47 Å². The first-order valence-electron chi connectivity index (χ1n) is 8.08. The molecule has 1 aliphatic rings. The van der Waals surface area contributed by atoms with Crippen molar-refractivity contribution in [2.75, 3.05) is 26.8 Å². The number of nitrogens with zero attached hydrogens (tertiary/aromatic N) is 1. The Labute approximate surface area is 129 Å². The number of nitrogens with one attached hydrogen (secondary N) is 1. The minimum absolute atomic E-state index is 0.198. The van der Waals surface area contributed by atoms with Gasteiger partial charge in [-0.2, -0.15) is 0 Å². The summed E-state index contributed by atoms with van der Waals surface area (Å²) in [6, 6.07) is 0.665. The molecule has 5 nitrogen and oxygen atoms in total. The Bertz CT molecular complexity index is 315. The summed E-state index contributed by atoms with van der Waals surface area (Å²) < 4.78 is 10.7. The topological polar surface area (TPSA) is 50.8 Å². The van der Waals surface area contributed by atoms with Crippen LogP contribution in [0.4, 0.5) is 4.79 Å². The van der Waals surface area contributed by atoms with Crippen LogP contribution in [0.25, 0.3) is 0 Å². The van der Waals surface area contributed by atoms with Crippen molar-refractivity contribution in [1.29, 1.82) is 0 Å². The third-order valence-corrected chi connectivity index (χ3v) is 3.66. The smallest absolute Gasteiger partial charge is 0.410 e. The number of methoxy groups -OCH3 is 1. The molecule has 2 atom stereocenters. The van der Waals surface area contributed by atoms with E-state index in [4.69, 9.17) is 9.47 Å². The molecule has 0 saturated carbocycles. The van der Waals surface area contributed by atoms with Gasteiger partial charge >= 0.3 is 6.09 Å². The fourth-order valence-electron chi connectivity index (χ4n) is 2.59. The molecule has 124 valence electrons. The second-order valence-electron chi connectivity index (χ2n) is 6.85. The Kier molecular flexibility index (Phi) is 7.46. The number of likely N-dealkylation sites (tertiary alicyclic amines) is 1. The van der Waals surface area contributed by atoms with Gasteiger partial charge in [-0.05, 0) is 40.0 Å². The number of rotatable bonds is 5. The van der Waals surface area contributed by atoms with Gasteiger partial charge in [-0.15, -0.1) is 0 Å². The van der Waals surface area contributed by atoms with Crippen molar-refractivity contribution in [3.05, 3.63) is 0 Å². The zero-order chi connectivity index (χ0) is 15.9. The average molecular weight is 300 g/mol. The first kappa shape index (κ1) is 18.2. The van der Waals surface area contributed by atoms with Crippen LogP contribution >= 0.6 is 0 Å². The maximum Gasteiger partial charge on any atom is 0.410 e. The summed E-state index contributed by atoms with van der Waals surface area (Å²) in [6.45, 7) is 10.1. The van der Waals surface area contributed by atoms with Gasteiger partial charge in [-0.3, -0.25) is 0 Å². The number of hydrogen-bond acceptors (Lipinski definition) is 4. The quantitative estimate of drug-likeness (QED) is 0.848. The van der Waals surface area contributed by atoms with E-state index >= 15 is 0 Å². The molecule has 1 aliphatic heterocycles. The van der Waals surface area contributed by atoms with Gasteiger partial charge in [0.2, 0.25) is 0 Å². The molecule has 21 heavy (non-hydrogen) atoms. The predicted molar refractivity (Wildman–Crippen MR) is 84.5 cm³/mol. The van der Waals surface area contributed by atoms with E-state index in [1.807, 2.05) is 25.7 Å². The van der Waals surface area contributed by atoms with Gasteiger partial charge < -0.3 is 19.7 Å². The van der Waals surface area contributed by atoms with E-state index in [0.29, 0.717) is 18.7 Å². The van der Waals surface area contributed by atoms with E-state index in [2.05, 4.69) is 12.2 Å². The lowest BCUT2D eigenvalue weighted by atomic mass is 10.1. The molecule has 1 fully saturated rings. The Morgan fingerprint density at radius 3 is 2.67 bits per heavy atom. The summed E-state index contributed by atoms with van der Waals surface area (Å²) in [5.41, 5.74) is -0.436. The van der Waals surface area contributed by atoms with Crippen molar-refractivity contribution < 1.29 is 14.3 Å². The minimum atomic E-state index is -0.436. The maximum absolute atomic E-state index is 12.2. The number of hydrogen-bond donors (Lipinski definition) is 1. The van der Waals surface area contributed by atoms with Gasteiger partial charge in [-0.1, -0.05) is 13.3 Å². The van der Waals surface area contributed by atoms with E-state index < -0.39 is 5.60 Å². The highest BCUT2D eigenvalue weighted by Crippen LogP contribution is 2.16. The number of ether oxygens (including phenoxy) is 2. The Hall–Kier alpha value is -0.810. The molecule has 0 spiro atoms. The lowest BCUT2D eigenvalue weighted by Gasteiger charge is -2.30. The highest BCUT2D eigenvalue weighted by molar-refractivity contribution is 5.68. The molecular formula is C16H32N2O3. The van der Waals surface area contributed by atoms with Gasteiger partial charge in [0.15, 0.2) is 0 Å². The zero-order valence-electron chi connectivity index (χ0n) is 14.3. The number of carbonyl (C=O) groups is 1. The molecule has 1 N–H and O–H groups in total. The zero-order valence-corrected chi connectivity index (χ0v) is 14.3. The predicted octanol–water partition coefficient (Wildman–Crippen LogP) is 2.79. The molecule has 1 rings (SSSR count). The van der Waals surface area contributed by atoms with Gasteiger partial charge in [0.05, 0.1) is 6.61 Å². The molecule has 0 aromatic rings. The molecule has 0 bridgehead atoms. The fourth-order valence-corrected chi connectivity index (χ4v) is 2.59. The molecule has 1 amide bonds. The highest BCUT2D eigenvalue weighted by Gasteiger charge is 2.27. The van der Waals surface area contributed by atoms with Crippen LogP contribution in [0.5, 0.6) is 0 Å². The molecule has 0 radical (unpaired) electrons. The van der Waals surface area contributed by atoms with Gasteiger partial charge in [-0.25, -0.2) is 4.79 Å².